The molecule has 0 saturated heterocycles. The molecule has 0 radical (unpaired) electrons. The minimum absolute atomic E-state index is 0.303. The summed E-state index contributed by atoms with van der Waals surface area (Å²) in [7, 11) is 0. The van der Waals surface area contributed by atoms with Crippen molar-refractivity contribution in [2.45, 2.75) is 25.2 Å². The maximum atomic E-state index is 5.60. The van der Waals surface area contributed by atoms with Crippen LogP contribution >= 0.6 is 0 Å². The molecular formula is C45H31N3. The first-order valence-corrected chi connectivity index (χ1v) is 17.1. The largest absolute Gasteiger partial charge is 0.308 e. The van der Waals surface area contributed by atoms with Gasteiger partial charge in [-0.15, -0.1) is 0 Å². The number of aliphatic imine (C=N–C) groups is 1. The van der Waals surface area contributed by atoms with E-state index in [1.807, 2.05) is 0 Å². The van der Waals surface area contributed by atoms with E-state index in [1.165, 1.54) is 81.8 Å². The van der Waals surface area contributed by atoms with E-state index >= 15 is 0 Å². The van der Waals surface area contributed by atoms with Crippen LogP contribution in [0.25, 0.3) is 70.7 Å². The predicted octanol–water partition coefficient (Wildman–Crippen LogP) is 12.0. The average Bonchev–Trinajstić information content (AvgIpc) is 3.76. The van der Waals surface area contributed by atoms with Crippen molar-refractivity contribution in [3.63, 3.8) is 0 Å². The van der Waals surface area contributed by atoms with Gasteiger partial charge in [-0.1, -0.05) is 115 Å². The number of para-hydroxylation sites is 4. The van der Waals surface area contributed by atoms with Crippen LogP contribution in [0.4, 0.5) is 5.69 Å². The molecule has 10 aromatic rings. The third-order valence-electron chi connectivity index (χ3n) is 10.9. The molecule has 1 aliphatic rings. The van der Waals surface area contributed by atoms with E-state index in [0.717, 1.165) is 30.8 Å². The highest BCUT2D eigenvalue weighted by atomic mass is 15.1. The number of aromatic nitrogens is 2. The minimum atomic E-state index is 0.303. The number of hydrogen-bond donors (Lipinski definition) is 0. The predicted molar refractivity (Wildman–Crippen MR) is 203 cm³/mol. The monoisotopic (exact) mass is 613 g/mol. The Morgan fingerprint density at radius 2 is 1.19 bits per heavy atom. The van der Waals surface area contributed by atoms with Gasteiger partial charge in [0, 0.05) is 44.7 Å². The van der Waals surface area contributed by atoms with E-state index in [2.05, 4.69) is 155 Å². The molecular weight excluding hydrogens is 583 g/mol. The Hall–Kier alpha value is -5.93. The Morgan fingerprint density at radius 3 is 2.04 bits per heavy atom. The first-order valence-electron chi connectivity index (χ1n) is 17.1. The highest BCUT2D eigenvalue weighted by molar-refractivity contribution is 6.36. The zero-order valence-corrected chi connectivity index (χ0v) is 26.4. The van der Waals surface area contributed by atoms with E-state index in [1.54, 1.807) is 0 Å². The second-order valence-corrected chi connectivity index (χ2v) is 13.4. The normalized spacial score (nSPS) is 16.7. The van der Waals surface area contributed by atoms with Crippen molar-refractivity contribution in [3.8, 4) is 0 Å². The van der Waals surface area contributed by atoms with Crippen molar-refractivity contribution in [2.24, 2.45) is 4.99 Å². The Morgan fingerprint density at radius 1 is 0.521 bits per heavy atom. The van der Waals surface area contributed by atoms with Gasteiger partial charge in [0.1, 0.15) is 5.84 Å². The standard InChI is InChI=1S/C45H31N3/c1-2-13-29-26-30(25-24-28(29)12-1)31-18-11-23-42(46-37-19-7-3-14-32(31)37)47-39-21-9-5-16-34(39)43-41(47)27-36-33-15-4-8-20-38(33)48-40-22-10-6-17-35(40)44(43)45(36)48/h1-10,12-17,19-22,24-27,31H,11,18,23H2/b46-42+. The van der Waals surface area contributed by atoms with Crippen LogP contribution in [-0.4, -0.2) is 14.8 Å². The summed E-state index contributed by atoms with van der Waals surface area (Å²) in [6.07, 6.45) is 3.02. The van der Waals surface area contributed by atoms with Gasteiger partial charge in [0.25, 0.3) is 0 Å². The number of fused-ring (bicyclic) bond motifs is 12. The van der Waals surface area contributed by atoms with Gasteiger partial charge in [-0.2, -0.15) is 0 Å². The molecule has 3 aromatic heterocycles. The van der Waals surface area contributed by atoms with Crippen molar-refractivity contribution < 1.29 is 0 Å². The first kappa shape index (κ1) is 26.2. The minimum Gasteiger partial charge on any atom is -0.308 e. The number of rotatable bonds is 1. The molecule has 226 valence electrons. The van der Waals surface area contributed by atoms with Crippen LogP contribution in [0, 0.1) is 0 Å². The molecule has 0 saturated carbocycles. The summed E-state index contributed by atoms with van der Waals surface area (Å²) in [5.74, 6) is 1.42. The Labute approximate surface area is 277 Å². The van der Waals surface area contributed by atoms with Gasteiger partial charge >= 0.3 is 0 Å². The molecule has 0 fully saturated rings. The fourth-order valence-corrected chi connectivity index (χ4v) is 8.87. The summed E-state index contributed by atoms with van der Waals surface area (Å²) >= 11 is 0. The maximum absolute atomic E-state index is 5.60. The highest BCUT2D eigenvalue weighted by Gasteiger charge is 2.26. The smallest absolute Gasteiger partial charge is 0.114 e. The zero-order valence-electron chi connectivity index (χ0n) is 26.4. The van der Waals surface area contributed by atoms with Crippen molar-refractivity contribution in [3.05, 3.63) is 157 Å². The second kappa shape index (κ2) is 9.79. The van der Waals surface area contributed by atoms with Crippen LogP contribution in [0.15, 0.2) is 151 Å². The molecule has 0 bridgehead atoms. The Kier molecular flexibility index (Phi) is 5.34. The molecule has 7 aromatic carbocycles. The lowest BCUT2D eigenvalue weighted by Gasteiger charge is -2.24. The zero-order chi connectivity index (χ0) is 31.3. The third kappa shape index (κ3) is 3.51. The van der Waals surface area contributed by atoms with E-state index in [-0.39, 0.29) is 0 Å². The van der Waals surface area contributed by atoms with Crippen LogP contribution in [0.5, 0.6) is 0 Å². The fraction of sp³-hybridized carbons (Fsp3) is 0.0889. The van der Waals surface area contributed by atoms with E-state index in [4.69, 9.17) is 4.99 Å². The molecule has 1 aliphatic heterocycles. The van der Waals surface area contributed by atoms with Gasteiger partial charge in [-0.05, 0) is 65.1 Å². The van der Waals surface area contributed by atoms with Gasteiger partial charge in [-0.25, -0.2) is 4.99 Å². The average molecular weight is 614 g/mol. The van der Waals surface area contributed by atoms with E-state index in [0.29, 0.717) is 5.92 Å². The second-order valence-electron chi connectivity index (χ2n) is 13.4. The molecule has 3 nitrogen and oxygen atoms in total. The van der Waals surface area contributed by atoms with Gasteiger partial charge in [0.2, 0.25) is 0 Å². The van der Waals surface area contributed by atoms with Crippen molar-refractivity contribution in [2.75, 3.05) is 0 Å². The van der Waals surface area contributed by atoms with Crippen molar-refractivity contribution >= 4 is 82.2 Å². The molecule has 0 amide bonds. The highest BCUT2D eigenvalue weighted by Crippen LogP contribution is 2.46. The summed E-state index contributed by atoms with van der Waals surface area (Å²) < 4.78 is 4.97. The summed E-state index contributed by atoms with van der Waals surface area (Å²) in [6.45, 7) is 0. The van der Waals surface area contributed by atoms with Gasteiger partial charge < -0.3 is 4.40 Å². The topological polar surface area (TPSA) is 21.7 Å². The van der Waals surface area contributed by atoms with Gasteiger partial charge in [0.15, 0.2) is 0 Å². The van der Waals surface area contributed by atoms with E-state index < -0.39 is 0 Å². The lowest BCUT2D eigenvalue weighted by Crippen LogP contribution is -2.15. The van der Waals surface area contributed by atoms with E-state index in [9.17, 15) is 0 Å². The quantitative estimate of drug-likeness (QED) is 0.176. The van der Waals surface area contributed by atoms with Gasteiger partial charge in [0.05, 0.1) is 33.3 Å². The molecule has 3 heteroatoms. The number of nitrogens with zero attached hydrogens (tertiary/aromatic N) is 3. The van der Waals surface area contributed by atoms with Crippen molar-refractivity contribution in [1.29, 1.82) is 0 Å². The number of hydrogen-bond acceptors (Lipinski definition) is 1. The summed E-state index contributed by atoms with van der Waals surface area (Å²) in [6, 6.07) is 53.7. The van der Waals surface area contributed by atoms with Gasteiger partial charge in [-0.3, -0.25) is 4.57 Å². The molecule has 1 atom stereocenters. The molecule has 0 N–H and O–H groups in total. The first-order chi connectivity index (χ1) is 23.8. The molecule has 4 heterocycles. The van der Waals surface area contributed by atoms with Crippen LogP contribution in [-0.2, 0) is 0 Å². The third-order valence-corrected chi connectivity index (χ3v) is 10.9. The summed E-state index contributed by atoms with van der Waals surface area (Å²) in [5.41, 5.74) is 10.1. The summed E-state index contributed by atoms with van der Waals surface area (Å²) in [4.78, 5) is 5.60. The van der Waals surface area contributed by atoms with Crippen LogP contribution in [0.3, 0.4) is 0 Å². The summed E-state index contributed by atoms with van der Waals surface area (Å²) in [5, 5.41) is 10.4. The molecule has 1 unspecified atom stereocenters. The molecule has 0 spiro atoms. The SMILES string of the molecule is c1ccc2c(c1)/N=C(/n1c3ccccc3c3c4c5ccccc5n5c6ccccc6c(cc31)c45)CCCC2c1ccc2ccccc2c1. The molecule has 48 heavy (non-hydrogen) atoms. The molecule has 11 rings (SSSR count). The van der Waals surface area contributed by atoms with Crippen LogP contribution in [0.2, 0.25) is 0 Å². The lowest BCUT2D eigenvalue weighted by molar-refractivity contribution is 0.670. The Balaban J connectivity index is 1.21. The molecule has 0 aliphatic carbocycles. The van der Waals surface area contributed by atoms with Crippen molar-refractivity contribution in [1.82, 2.24) is 8.97 Å². The Bertz CT molecular complexity index is 2940. The van der Waals surface area contributed by atoms with Crippen LogP contribution in [0.1, 0.15) is 36.3 Å². The number of benzene rings is 7. The maximum Gasteiger partial charge on any atom is 0.114 e. The fourth-order valence-electron chi connectivity index (χ4n) is 8.87. The lowest BCUT2D eigenvalue weighted by atomic mass is 9.84. The van der Waals surface area contributed by atoms with Crippen LogP contribution < -0.4 is 0 Å².